The standard InChI is InChI=1S/C6H8N2OS.C6H7NO2S.H3N/c1-3-5(6(7)9)10-4(2)8-3;1-3-5(6(8)9)10-4(2)7-3;/h1-2H3,(H2,7,9);1-2H3,(H,8,9);1H3. The quantitative estimate of drug-likeness (QED) is 0.772. The summed E-state index contributed by atoms with van der Waals surface area (Å²) < 4.78 is 0. The fourth-order valence-corrected chi connectivity index (χ4v) is 3.02. The number of aryl methyl sites for hydroxylation is 4. The van der Waals surface area contributed by atoms with Crippen LogP contribution in [-0.2, 0) is 0 Å². The molecular weight excluding hydrogens is 312 g/mol. The smallest absolute Gasteiger partial charge is 0.347 e. The van der Waals surface area contributed by atoms with Crippen molar-refractivity contribution >= 4 is 34.6 Å². The number of carbonyl (C=O) groups is 2. The van der Waals surface area contributed by atoms with E-state index in [0.717, 1.165) is 15.7 Å². The summed E-state index contributed by atoms with van der Waals surface area (Å²) in [6, 6.07) is 0. The Morgan fingerprint density at radius 1 is 0.952 bits per heavy atom. The second kappa shape index (κ2) is 7.81. The van der Waals surface area contributed by atoms with E-state index in [2.05, 4.69) is 9.97 Å². The van der Waals surface area contributed by atoms with Gasteiger partial charge in [0.1, 0.15) is 9.75 Å². The second-order valence-corrected chi connectivity index (χ2v) is 6.37. The van der Waals surface area contributed by atoms with Crippen LogP contribution in [0.25, 0.3) is 0 Å². The molecule has 0 radical (unpaired) electrons. The van der Waals surface area contributed by atoms with Crippen LogP contribution in [0, 0.1) is 27.7 Å². The lowest BCUT2D eigenvalue weighted by molar-refractivity contribution is 0.0701. The van der Waals surface area contributed by atoms with Crippen LogP contribution in [-0.4, -0.2) is 27.0 Å². The maximum atomic E-state index is 10.6. The van der Waals surface area contributed by atoms with E-state index in [1.165, 1.54) is 22.7 Å². The molecule has 6 N–H and O–H groups in total. The number of carboxylic acids is 1. The Bertz CT molecular complexity index is 593. The minimum atomic E-state index is -0.886. The monoisotopic (exact) mass is 330 g/mol. The Morgan fingerprint density at radius 2 is 1.33 bits per heavy atom. The van der Waals surface area contributed by atoms with Gasteiger partial charge in [0.15, 0.2) is 0 Å². The number of primary amides is 1. The van der Waals surface area contributed by atoms with Crippen molar-refractivity contribution in [3.05, 3.63) is 31.2 Å². The molecule has 2 heterocycles. The Hall–Kier alpha value is -1.84. The molecule has 116 valence electrons. The number of hydrogen-bond donors (Lipinski definition) is 3. The summed E-state index contributed by atoms with van der Waals surface area (Å²) in [6.45, 7) is 7.13. The highest BCUT2D eigenvalue weighted by Crippen LogP contribution is 2.16. The van der Waals surface area contributed by atoms with Gasteiger partial charge in [-0.1, -0.05) is 0 Å². The van der Waals surface area contributed by atoms with E-state index in [4.69, 9.17) is 10.8 Å². The molecule has 1 amide bonds. The summed E-state index contributed by atoms with van der Waals surface area (Å²) in [5.41, 5.74) is 6.40. The maximum Gasteiger partial charge on any atom is 0.347 e. The van der Waals surface area contributed by atoms with Crippen molar-refractivity contribution in [1.82, 2.24) is 16.1 Å². The first kappa shape index (κ1) is 19.2. The van der Waals surface area contributed by atoms with Gasteiger partial charge in [-0.2, -0.15) is 0 Å². The van der Waals surface area contributed by atoms with Crippen molar-refractivity contribution < 1.29 is 14.7 Å². The van der Waals surface area contributed by atoms with Crippen molar-refractivity contribution in [2.45, 2.75) is 27.7 Å². The van der Waals surface area contributed by atoms with E-state index < -0.39 is 5.97 Å². The molecule has 0 aliphatic heterocycles. The molecule has 0 unspecified atom stereocenters. The largest absolute Gasteiger partial charge is 0.477 e. The van der Waals surface area contributed by atoms with Gasteiger partial charge >= 0.3 is 5.97 Å². The summed E-state index contributed by atoms with van der Waals surface area (Å²) in [5.74, 6) is -1.27. The van der Waals surface area contributed by atoms with Crippen molar-refractivity contribution in [2.24, 2.45) is 5.73 Å². The summed E-state index contributed by atoms with van der Waals surface area (Å²) >= 11 is 2.55. The van der Waals surface area contributed by atoms with Gasteiger partial charge in [0, 0.05) is 0 Å². The van der Waals surface area contributed by atoms with E-state index in [9.17, 15) is 9.59 Å². The molecule has 0 aliphatic carbocycles. The van der Waals surface area contributed by atoms with Crippen LogP contribution in [0.4, 0.5) is 0 Å². The molecule has 0 saturated carbocycles. The Kier molecular flexibility index (Phi) is 7.13. The van der Waals surface area contributed by atoms with Crippen LogP contribution in [0.3, 0.4) is 0 Å². The van der Waals surface area contributed by atoms with Crippen LogP contribution < -0.4 is 11.9 Å². The molecule has 21 heavy (non-hydrogen) atoms. The molecule has 0 aliphatic rings. The highest BCUT2D eigenvalue weighted by atomic mass is 32.1. The summed E-state index contributed by atoms with van der Waals surface area (Å²) in [4.78, 5) is 30.0. The van der Waals surface area contributed by atoms with E-state index in [0.29, 0.717) is 15.4 Å². The second-order valence-electron chi connectivity index (χ2n) is 3.96. The molecule has 0 fully saturated rings. The Balaban J connectivity index is 0.000000364. The number of carboxylic acid groups (broad SMARTS) is 1. The first-order valence-electron chi connectivity index (χ1n) is 5.63. The molecule has 0 atom stereocenters. The third-order valence-electron chi connectivity index (χ3n) is 2.23. The first-order valence-corrected chi connectivity index (χ1v) is 7.26. The van der Waals surface area contributed by atoms with Crippen LogP contribution >= 0.6 is 22.7 Å². The highest BCUT2D eigenvalue weighted by molar-refractivity contribution is 7.14. The number of nitrogens with zero attached hydrogens (tertiary/aromatic N) is 2. The molecule has 2 rings (SSSR count). The summed E-state index contributed by atoms with van der Waals surface area (Å²) in [5, 5.41) is 10.2. The minimum absolute atomic E-state index is 0. The van der Waals surface area contributed by atoms with Crippen LogP contribution in [0.5, 0.6) is 0 Å². The van der Waals surface area contributed by atoms with Gasteiger partial charge in [-0.25, -0.2) is 14.8 Å². The fourth-order valence-electron chi connectivity index (χ4n) is 1.49. The molecule has 2 aromatic rings. The SMILES string of the molecule is Cc1nc(C)c(C(=O)O)s1.Cc1nc(C)c(C(N)=O)s1.N. The van der Waals surface area contributed by atoms with Crippen LogP contribution in [0.15, 0.2) is 0 Å². The average molecular weight is 330 g/mol. The number of aromatic nitrogens is 2. The summed E-state index contributed by atoms with van der Waals surface area (Å²) in [7, 11) is 0. The molecule has 0 spiro atoms. The molecule has 0 saturated heterocycles. The lowest BCUT2D eigenvalue weighted by atomic mass is 10.4. The first-order chi connectivity index (χ1) is 9.22. The van der Waals surface area contributed by atoms with Crippen LogP contribution in [0.2, 0.25) is 0 Å². The molecule has 0 aromatic carbocycles. The van der Waals surface area contributed by atoms with Gasteiger partial charge in [-0.3, -0.25) is 4.79 Å². The number of thiazole rings is 2. The lowest BCUT2D eigenvalue weighted by Crippen LogP contribution is -2.09. The number of amides is 1. The van der Waals surface area contributed by atoms with E-state index >= 15 is 0 Å². The molecular formula is C12H18N4O3S2. The predicted octanol–water partition coefficient (Wildman–Crippen LogP) is 2.48. The van der Waals surface area contributed by atoms with Crippen LogP contribution in [0.1, 0.15) is 40.7 Å². The molecule has 9 heteroatoms. The zero-order valence-electron chi connectivity index (χ0n) is 12.3. The molecule has 2 aromatic heterocycles. The third kappa shape index (κ3) is 5.21. The number of rotatable bonds is 2. The minimum Gasteiger partial charge on any atom is -0.477 e. The van der Waals surface area contributed by atoms with Gasteiger partial charge in [-0.05, 0) is 27.7 Å². The van der Waals surface area contributed by atoms with Gasteiger partial charge in [0.05, 0.1) is 21.4 Å². The number of aromatic carboxylic acids is 1. The van der Waals surface area contributed by atoms with Gasteiger partial charge in [0.2, 0.25) is 0 Å². The topological polar surface area (TPSA) is 141 Å². The van der Waals surface area contributed by atoms with E-state index in [1.807, 2.05) is 6.92 Å². The van der Waals surface area contributed by atoms with Gasteiger partial charge in [0.25, 0.3) is 5.91 Å². The lowest BCUT2D eigenvalue weighted by Gasteiger charge is -1.85. The zero-order valence-corrected chi connectivity index (χ0v) is 13.9. The number of hydrogen-bond acceptors (Lipinski definition) is 7. The predicted molar refractivity (Wildman–Crippen MR) is 83.7 cm³/mol. The maximum absolute atomic E-state index is 10.6. The fraction of sp³-hybridized carbons (Fsp3) is 0.333. The third-order valence-corrected chi connectivity index (χ3v) is 4.37. The average Bonchev–Trinajstić information content (AvgIpc) is 2.82. The molecule has 0 bridgehead atoms. The van der Waals surface area contributed by atoms with Crippen molar-refractivity contribution in [3.8, 4) is 0 Å². The van der Waals surface area contributed by atoms with Gasteiger partial charge < -0.3 is 17.0 Å². The summed E-state index contributed by atoms with van der Waals surface area (Å²) in [6.07, 6.45) is 0. The van der Waals surface area contributed by atoms with Crippen molar-refractivity contribution in [3.63, 3.8) is 0 Å². The van der Waals surface area contributed by atoms with Gasteiger partial charge in [-0.15, -0.1) is 22.7 Å². The highest BCUT2D eigenvalue weighted by Gasteiger charge is 2.10. The van der Waals surface area contributed by atoms with Crippen molar-refractivity contribution in [1.29, 1.82) is 0 Å². The normalized spacial score (nSPS) is 9.33. The number of carbonyl (C=O) groups excluding carboxylic acids is 1. The van der Waals surface area contributed by atoms with E-state index in [-0.39, 0.29) is 12.1 Å². The molecule has 7 nitrogen and oxygen atoms in total. The van der Waals surface area contributed by atoms with Crippen molar-refractivity contribution in [2.75, 3.05) is 0 Å². The Labute approximate surface area is 130 Å². The van der Waals surface area contributed by atoms with E-state index in [1.54, 1.807) is 20.8 Å². The Morgan fingerprint density at radius 3 is 1.48 bits per heavy atom. The number of nitrogens with two attached hydrogens (primary N) is 1. The zero-order chi connectivity index (χ0) is 15.4.